The van der Waals surface area contributed by atoms with E-state index in [2.05, 4.69) is 10.2 Å². The molecule has 2 aliphatic rings. The van der Waals surface area contributed by atoms with Crippen molar-refractivity contribution in [2.24, 2.45) is 5.92 Å². The number of methoxy groups -OCH3 is 1. The van der Waals surface area contributed by atoms with Crippen LogP contribution in [-0.2, 0) is 0 Å². The van der Waals surface area contributed by atoms with E-state index in [1.165, 1.54) is 0 Å². The fourth-order valence-corrected chi connectivity index (χ4v) is 3.85. The number of piperidine rings is 1. The molecule has 1 aromatic heterocycles. The molecule has 1 aliphatic heterocycles. The smallest absolute Gasteiger partial charge is 0.274 e. The molecular formula is C21H25N3O3. The molecule has 6 nitrogen and oxygen atoms in total. The number of carbonyl (C=O) groups excluding carboxylic acids is 2. The van der Waals surface area contributed by atoms with Gasteiger partial charge in [0.25, 0.3) is 5.91 Å². The standard InChI is InChI=1S/C21H25N3O3/c1-13-10-16(27-2)7-8-17(13)20(25)15-4-3-9-24(12-15)21(26)19-11-18(22-23-19)14-5-6-14/h7-8,10-11,14-15H,3-6,9,12H2,1-2H3,(H,22,23)/t15-/m0/s1. The van der Waals surface area contributed by atoms with E-state index in [0.29, 0.717) is 30.3 Å². The van der Waals surface area contributed by atoms with Gasteiger partial charge in [-0.3, -0.25) is 14.7 Å². The lowest BCUT2D eigenvalue weighted by Gasteiger charge is -2.31. The molecule has 0 radical (unpaired) electrons. The maximum atomic E-state index is 13.0. The van der Waals surface area contributed by atoms with Crippen LogP contribution >= 0.6 is 0 Å². The summed E-state index contributed by atoms with van der Waals surface area (Å²) in [5.74, 6) is 1.13. The highest BCUT2D eigenvalue weighted by molar-refractivity contribution is 6.00. The molecule has 1 aliphatic carbocycles. The summed E-state index contributed by atoms with van der Waals surface area (Å²) in [7, 11) is 1.62. The maximum absolute atomic E-state index is 13.0. The van der Waals surface area contributed by atoms with Crippen molar-refractivity contribution in [3.05, 3.63) is 46.8 Å². The molecule has 1 atom stereocenters. The van der Waals surface area contributed by atoms with E-state index < -0.39 is 0 Å². The first-order valence-electron chi connectivity index (χ1n) is 9.60. The van der Waals surface area contributed by atoms with Crippen LogP contribution in [0.4, 0.5) is 0 Å². The SMILES string of the molecule is COc1ccc(C(=O)[C@H]2CCCN(C(=O)c3cc(C4CC4)[nH]n3)C2)c(C)c1. The minimum absolute atomic E-state index is 0.0814. The number of H-pyrrole nitrogens is 1. The number of rotatable bonds is 5. The number of carbonyl (C=O) groups is 2. The minimum Gasteiger partial charge on any atom is -0.497 e. The fourth-order valence-electron chi connectivity index (χ4n) is 3.85. The third kappa shape index (κ3) is 3.61. The van der Waals surface area contributed by atoms with E-state index in [-0.39, 0.29) is 17.6 Å². The van der Waals surface area contributed by atoms with Gasteiger partial charge >= 0.3 is 0 Å². The van der Waals surface area contributed by atoms with Gasteiger partial charge in [0.05, 0.1) is 7.11 Å². The number of aromatic nitrogens is 2. The van der Waals surface area contributed by atoms with Gasteiger partial charge < -0.3 is 9.64 Å². The maximum Gasteiger partial charge on any atom is 0.274 e. The van der Waals surface area contributed by atoms with E-state index in [1.807, 2.05) is 31.2 Å². The molecule has 1 amide bonds. The molecule has 1 saturated carbocycles. The van der Waals surface area contributed by atoms with Crippen molar-refractivity contribution < 1.29 is 14.3 Å². The van der Waals surface area contributed by atoms with Gasteiger partial charge in [0.1, 0.15) is 11.4 Å². The van der Waals surface area contributed by atoms with Gasteiger partial charge in [0.15, 0.2) is 5.78 Å². The first-order valence-corrected chi connectivity index (χ1v) is 9.60. The molecule has 2 heterocycles. The molecular weight excluding hydrogens is 342 g/mol. The second kappa shape index (κ2) is 7.18. The third-order valence-corrected chi connectivity index (χ3v) is 5.61. The van der Waals surface area contributed by atoms with E-state index in [1.54, 1.807) is 12.0 Å². The van der Waals surface area contributed by atoms with Gasteiger partial charge in [-0.2, -0.15) is 5.10 Å². The van der Waals surface area contributed by atoms with Gasteiger partial charge in [-0.1, -0.05) is 0 Å². The lowest BCUT2D eigenvalue weighted by molar-refractivity contribution is 0.0632. The Morgan fingerprint density at radius 2 is 2.04 bits per heavy atom. The second-order valence-electron chi connectivity index (χ2n) is 7.62. The molecule has 0 bridgehead atoms. The predicted octanol–water partition coefficient (Wildman–Crippen LogP) is 3.34. The summed E-state index contributed by atoms with van der Waals surface area (Å²) < 4.78 is 5.22. The lowest BCUT2D eigenvalue weighted by atomic mass is 9.88. The fraction of sp³-hybridized carbons (Fsp3) is 0.476. The van der Waals surface area contributed by atoms with Crippen LogP contribution in [0.5, 0.6) is 5.75 Å². The van der Waals surface area contributed by atoms with Crippen molar-refractivity contribution in [2.75, 3.05) is 20.2 Å². The van der Waals surface area contributed by atoms with Crippen LogP contribution in [0.2, 0.25) is 0 Å². The van der Waals surface area contributed by atoms with Crippen molar-refractivity contribution in [3.8, 4) is 5.75 Å². The minimum atomic E-state index is -0.170. The Kier molecular flexibility index (Phi) is 4.72. The van der Waals surface area contributed by atoms with Gasteiger partial charge in [0, 0.05) is 36.2 Å². The van der Waals surface area contributed by atoms with Crippen LogP contribution in [0.3, 0.4) is 0 Å². The molecule has 1 N–H and O–H groups in total. The largest absolute Gasteiger partial charge is 0.497 e. The van der Waals surface area contributed by atoms with E-state index in [9.17, 15) is 9.59 Å². The van der Waals surface area contributed by atoms with Gasteiger partial charge in [0.2, 0.25) is 0 Å². The van der Waals surface area contributed by atoms with E-state index in [4.69, 9.17) is 4.74 Å². The van der Waals surface area contributed by atoms with Crippen LogP contribution < -0.4 is 4.74 Å². The number of aryl methyl sites for hydroxylation is 1. The molecule has 0 unspecified atom stereocenters. The monoisotopic (exact) mass is 367 g/mol. The summed E-state index contributed by atoms with van der Waals surface area (Å²) in [6, 6.07) is 7.39. The number of hydrogen-bond acceptors (Lipinski definition) is 4. The molecule has 2 aromatic rings. The number of nitrogens with one attached hydrogen (secondary N) is 1. The first-order chi connectivity index (χ1) is 13.1. The first kappa shape index (κ1) is 17.8. The lowest BCUT2D eigenvalue weighted by Crippen LogP contribution is -2.42. The molecule has 1 saturated heterocycles. The Morgan fingerprint density at radius 3 is 2.74 bits per heavy atom. The number of ketones is 1. The number of nitrogens with zero attached hydrogens (tertiary/aromatic N) is 2. The number of benzene rings is 1. The second-order valence-corrected chi connectivity index (χ2v) is 7.62. The van der Waals surface area contributed by atoms with Gasteiger partial charge in [-0.05, 0) is 62.4 Å². The van der Waals surface area contributed by atoms with Crippen molar-refractivity contribution in [2.45, 2.75) is 38.5 Å². The number of amides is 1. The van der Waals surface area contributed by atoms with Crippen LogP contribution in [0, 0.1) is 12.8 Å². The summed E-state index contributed by atoms with van der Waals surface area (Å²) in [5, 5.41) is 7.19. The van der Waals surface area contributed by atoms with E-state index >= 15 is 0 Å². The normalized spacial score (nSPS) is 19.8. The number of aromatic amines is 1. The topological polar surface area (TPSA) is 75.3 Å². The summed E-state index contributed by atoms with van der Waals surface area (Å²) in [6.45, 7) is 3.05. The summed E-state index contributed by atoms with van der Waals surface area (Å²) in [5.41, 5.74) is 3.14. The zero-order valence-corrected chi connectivity index (χ0v) is 15.8. The zero-order valence-electron chi connectivity index (χ0n) is 15.8. The predicted molar refractivity (Wildman–Crippen MR) is 101 cm³/mol. The molecule has 0 spiro atoms. The van der Waals surface area contributed by atoms with Crippen molar-refractivity contribution >= 4 is 11.7 Å². The Hall–Kier alpha value is -2.63. The highest BCUT2D eigenvalue weighted by Crippen LogP contribution is 2.39. The van der Waals surface area contributed by atoms with Crippen molar-refractivity contribution in [3.63, 3.8) is 0 Å². The number of likely N-dealkylation sites (tertiary alicyclic amines) is 1. The van der Waals surface area contributed by atoms with Crippen LogP contribution in [0.25, 0.3) is 0 Å². The Morgan fingerprint density at radius 1 is 1.22 bits per heavy atom. The van der Waals surface area contributed by atoms with E-state index in [0.717, 1.165) is 42.7 Å². The Labute approximate surface area is 158 Å². The Bertz CT molecular complexity index is 869. The average molecular weight is 367 g/mol. The van der Waals surface area contributed by atoms with Crippen LogP contribution in [0.1, 0.15) is 63.7 Å². The van der Waals surface area contributed by atoms with Crippen molar-refractivity contribution in [1.82, 2.24) is 15.1 Å². The average Bonchev–Trinajstić information content (AvgIpc) is 3.43. The summed E-state index contributed by atoms with van der Waals surface area (Å²) in [6.07, 6.45) is 3.97. The quantitative estimate of drug-likeness (QED) is 0.823. The number of ether oxygens (including phenoxy) is 1. The molecule has 1 aromatic carbocycles. The molecule has 142 valence electrons. The summed E-state index contributed by atoms with van der Waals surface area (Å²) >= 11 is 0. The van der Waals surface area contributed by atoms with Gasteiger partial charge in [-0.25, -0.2) is 0 Å². The zero-order chi connectivity index (χ0) is 19.0. The van der Waals surface area contributed by atoms with Crippen molar-refractivity contribution in [1.29, 1.82) is 0 Å². The molecule has 27 heavy (non-hydrogen) atoms. The Balaban J connectivity index is 1.46. The summed E-state index contributed by atoms with van der Waals surface area (Å²) in [4.78, 5) is 27.6. The number of hydrogen-bond donors (Lipinski definition) is 1. The highest BCUT2D eigenvalue weighted by atomic mass is 16.5. The third-order valence-electron chi connectivity index (χ3n) is 5.61. The van der Waals surface area contributed by atoms with Crippen LogP contribution in [-0.4, -0.2) is 47.0 Å². The highest BCUT2D eigenvalue weighted by Gasteiger charge is 2.32. The van der Waals surface area contributed by atoms with Gasteiger partial charge in [-0.15, -0.1) is 0 Å². The van der Waals surface area contributed by atoms with Crippen LogP contribution in [0.15, 0.2) is 24.3 Å². The molecule has 6 heteroatoms. The molecule has 4 rings (SSSR count). The molecule has 2 fully saturated rings. The number of Topliss-reactive ketones (excluding diaryl/α,β-unsaturated/α-hetero) is 1.